The molecule has 0 spiro atoms. The van der Waals surface area contributed by atoms with E-state index in [4.69, 9.17) is 26.9 Å². The van der Waals surface area contributed by atoms with Crippen LogP contribution >= 0.6 is 11.6 Å². The van der Waals surface area contributed by atoms with Crippen molar-refractivity contribution in [1.29, 1.82) is 0 Å². The highest BCUT2D eigenvalue weighted by atomic mass is 35.5. The second-order valence-corrected chi connectivity index (χ2v) is 8.73. The van der Waals surface area contributed by atoms with Crippen LogP contribution in [0.4, 0.5) is 5.69 Å². The summed E-state index contributed by atoms with van der Waals surface area (Å²) in [6, 6.07) is 12.7. The van der Waals surface area contributed by atoms with Crippen LogP contribution in [0.5, 0.6) is 0 Å². The zero-order valence-corrected chi connectivity index (χ0v) is 17.5. The molecule has 1 aliphatic rings. The van der Waals surface area contributed by atoms with E-state index < -0.39 is 22.5 Å². The summed E-state index contributed by atoms with van der Waals surface area (Å²) in [5.41, 5.74) is 6.68. The number of amides is 1. The third-order valence-corrected chi connectivity index (χ3v) is 6.33. The lowest BCUT2D eigenvalue weighted by Gasteiger charge is -2.26. The standard InChI is InChI=1S/C19H21ClN4O5S/c20-15-4-1-3-14(11-15)19(21)23-29-13-18(25)22-16-5-2-6-17(12-16)30(26,27)24-7-9-28-10-8-24/h1-6,11-12H,7-10,13H2,(H2,21,23)(H,22,25). The first-order valence-electron chi connectivity index (χ1n) is 9.05. The van der Waals surface area contributed by atoms with Crippen LogP contribution in [0.1, 0.15) is 5.56 Å². The summed E-state index contributed by atoms with van der Waals surface area (Å²) in [6.45, 7) is 0.886. The van der Waals surface area contributed by atoms with Gasteiger partial charge in [0.2, 0.25) is 10.0 Å². The van der Waals surface area contributed by atoms with Gasteiger partial charge in [0.25, 0.3) is 5.91 Å². The van der Waals surface area contributed by atoms with Crippen molar-refractivity contribution >= 4 is 39.1 Å². The van der Waals surface area contributed by atoms with Crippen molar-refractivity contribution in [1.82, 2.24) is 4.31 Å². The number of amidine groups is 1. The molecule has 1 saturated heterocycles. The lowest BCUT2D eigenvalue weighted by molar-refractivity contribution is -0.120. The van der Waals surface area contributed by atoms with Crippen LogP contribution in [-0.2, 0) is 24.4 Å². The van der Waals surface area contributed by atoms with E-state index in [9.17, 15) is 13.2 Å². The minimum atomic E-state index is -3.66. The third kappa shape index (κ3) is 5.70. The molecule has 2 aromatic carbocycles. The summed E-state index contributed by atoms with van der Waals surface area (Å²) in [5.74, 6) is -0.442. The van der Waals surface area contributed by atoms with E-state index in [1.165, 1.54) is 16.4 Å². The highest BCUT2D eigenvalue weighted by molar-refractivity contribution is 7.89. The Balaban J connectivity index is 1.59. The summed E-state index contributed by atoms with van der Waals surface area (Å²) >= 11 is 5.89. The molecule has 3 N–H and O–H groups in total. The van der Waals surface area contributed by atoms with Gasteiger partial charge >= 0.3 is 0 Å². The molecule has 1 aliphatic heterocycles. The SMILES string of the molecule is N/C(=N/OCC(=O)Nc1cccc(S(=O)(=O)N2CCOCC2)c1)c1cccc(Cl)c1. The third-order valence-electron chi connectivity index (χ3n) is 4.20. The quantitative estimate of drug-likeness (QED) is 0.374. The number of benzene rings is 2. The fourth-order valence-electron chi connectivity index (χ4n) is 2.73. The minimum absolute atomic E-state index is 0.0731. The number of hydrogen-bond acceptors (Lipinski definition) is 6. The summed E-state index contributed by atoms with van der Waals surface area (Å²) < 4.78 is 32.0. The summed E-state index contributed by atoms with van der Waals surface area (Å²) in [4.78, 5) is 17.2. The van der Waals surface area contributed by atoms with Gasteiger partial charge in [-0.25, -0.2) is 8.42 Å². The Morgan fingerprint density at radius 3 is 2.67 bits per heavy atom. The van der Waals surface area contributed by atoms with E-state index in [1.807, 2.05) is 0 Å². The molecule has 11 heteroatoms. The van der Waals surface area contributed by atoms with Crippen LogP contribution in [-0.4, -0.2) is 57.4 Å². The molecular formula is C19H21ClN4O5S. The van der Waals surface area contributed by atoms with Gasteiger partial charge in [-0.15, -0.1) is 0 Å². The predicted octanol–water partition coefficient (Wildman–Crippen LogP) is 1.64. The molecule has 1 heterocycles. The first kappa shape index (κ1) is 22.0. The highest BCUT2D eigenvalue weighted by Crippen LogP contribution is 2.20. The topological polar surface area (TPSA) is 123 Å². The molecule has 0 unspecified atom stereocenters. The number of nitrogens with one attached hydrogen (secondary N) is 1. The molecule has 160 valence electrons. The fraction of sp³-hybridized carbons (Fsp3) is 0.263. The number of morpholine rings is 1. The Morgan fingerprint density at radius 1 is 1.20 bits per heavy atom. The van der Waals surface area contributed by atoms with Gasteiger partial charge < -0.3 is 20.6 Å². The number of carbonyl (C=O) groups excluding carboxylic acids is 1. The average molecular weight is 453 g/mol. The van der Waals surface area contributed by atoms with Crippen molar-refractivity contribution in [2.45, 2.75) is 4.90 Å². The molecule has 0 bridgehead atoms. The van der Waals surface area contributed by atoms with Gasteiger partial charge in [-0.2, -0.15) is 4.31 Å². The number of sulfonamides is 1. The Morgan fingerprint density at radius 2 is 1.93 bits per heavy atom. The highest BCUT2D eigenvalue weighted by Gasteiger charge is 2.26. The number of halogens is 1. The number of rotatable bonds is 7. The predicted molar refractivity (Wildman–Crippen MR) is 113 cm³/mol. The molecular weight excluding hydrogens is 432 g/mol. The molecule has 1 amide bonds. The Labute approximate surface area is 179 Å². The van der Waals surface area contributed by atoms with E-state index in [0.29, 0.717) is 42.6 Å². The van der Waals surface area contributed by atoms with Gasteiger partial charge in [0.15, 0.2) is 12.4 Å². The van der Waals surface area contributed by atoms with E-state index in [-0.39, 0.29) is 10.7 Å². The summed E-state index contributed by atoms with van der Waals surface area (Å²) in [6.07, 6.45) is 0. The molecule has 9 nitrogen and oxygen atoms in total. The fourth-order valence-corrected chi connectivity index (χ4v) is 4.37. The molecule has 0 aromatic heterocycles. The Bertz CT molecular complexity index is 1040. The number of nitrogens with two attached hydrogens (primary N) is 1. The minimum Gasteiger partial charge on any atom is -0.384 e. The van der Waals surface area contributed by atoms with Crippen LogP contribution in [0.15, 0.2) is 58.6 Å². The molecule has 30 heavy (non-hydrogen) atoms. The first-order chi connectivity index (χ1) is 14.4. The number of hydrogen-bond donors (Lipinski definition) is 2. The van der Waals surface area contributed by atoms with E-state index in [1.54, 1.807) is 36.4 Å². The summed E-state index contributed by atoms with van der Waals surface area (Å²) in [7, 11) is -3.66. The molecule has 1 fully saturated rings. The second kappa shape index (κ2) is 9.90. The van der Waals surface area contributed by atoms with Crippen LogP contribution < -0.4 is 11.1 Å². The maximum atomic E-state index is 12.7. The van der Waals surface area contributed by atoms with Crippen molar-refractivity contribution in [3.05, 3.63) is 59.1 Å². The van der Waals surface area contributed by atoms with Gasteiger partial charge in [0.1, 0.15) is 0 Å². The van der Waals surface area contributed by atoms with Crippen LogP contribution in [0.2, 0.25) is 5.02 Å². The van der Waals surface area contributed by atoms with Crippen molar-refractivity contribution in [2.24, 2.45) is 10.9 Å². The number of oxime groups is 1. The van der Waals surface area contributed by atoms with Crippen molar-refractivity contribution in [3.63, 3.8) is 0 Å². The number of anilines is 1. The lowest BCUT2D eigenvalue weighted by atomic mass is 10.2. The number of carbonyl (C=O) groups is 1. The van der Waals surface area contributed by atoms with E-state index in [2.05, 4.69) is 10.5 Å². The van der Waals surface area contributed by atoms with Gasteiger partial charge in [0, 0.05) is 29.4 Å². The Kier molecular flexibility index (Phi) is 7.27. The normalized spacial score (nSPS) is 15.6. The average Bonchev–Trinajstić information content (AvgIpc) is 2.74. The number of ether oxygens (including phenoxy) is 1. The molecule has 0 atom stereocenters. The molecule has 0 radical (unpaired) electrons. The molecule has 2 aromatic rings. The summed E-state index contributed by atoms with van der Waals surface area (Å²) in [5, 5.41) is 6.77. The maximum absolute atomic E-state index is 12.7. The molecule has 0 aliphatic carbocycles. The molecule has 0 saturated carbocycles. The zero-order valence-electron chi connectivity index (χ0n) is 16.0. The second-order valence-electron chi connectivity index (χ2n) is 6.35. The van der Waals surface area contributed by atoms with Gasteiger partial charge in [-0.1, -0.05) is 35.0 Å². The maximum Gasteiger partial charge on any atom is 0.265 e. The smallest absolute Gasteiger partial charge is 0.265 e. The van der Waals surface area contributed by atoms with Crippen LogP contribution in [0, 0.1) is 0 Å². The van der Waals surface area contributed by atoms with Crippen molar-refractivity contribution in [2.75, 3.05) is 38.2 Å². The largest absolute Gasteiger partial charge is 0.384 e. The Hall–Kier alpha value is -2.66. The van der Waals surface area contributed by atoms with Gasteiger partial charge in [0.05, 0.1) is 18.1 Å². The lowest BCUT2D eigenvalue weighted by Crippen LogP contribution is -2.40. The van der Waals surface area contributed by atoms with E-state index >= 15 is 0 Å². The van der Waals surface area contributed by atoms with Crippen LogP contribution in [0.3, 0.4) is 0 Å². The van der Waals surface area contributed by atoms with Gasteiger partial charge in [-0.3, -0.25) is 4.79 Å². The first-order valence-corrected chi connectivity index (χ1v) is 10.9. The number of nitrogens with zero attached hydrogens (tertiary/aromatic N) is 2. The van der Waals surface area contributed by atoms with Gasteiger partial charge in [-0.05, 0) is 30.3 Å². The van der Waals surface area contributed by atoms with Crippen molar-refractivity contribution < 1.29 is 22.8 Å². The molecule has 3 rings (SSSR count). The zero-order chi connectivity index (χ0) is 21.6. The monoisotopic (exact) mass is 452 g/mol. The van der Waals surface area contributed by atoms with Crippen molar-refractivity contribution in [3.8, 4) is 0 Å². The van der Waals surface area contributed by atoms with Crippen LogP contribution in [0.25, 0.3) is 0 Å². The van der Waals surface area contributed by atoms with E-state index in [0.717, 1.165) is 0 Å².